The summed E-state index contributed by atoms with van der Waals surface area (Å²) in [6, 6.07) is 5.03. The Balaban J connectivity index is 2.36. The maximum absolute atomic E-state index is 12.3. The molecule has 1 aromatic carbocycles. The second-order valence-corrected chi connectivity index (χ2v) is 3.60. The van der Waals surface area contributed by atoms with E-state index in [4.69, 9.17) is 4.74 Å². The van der Waals surface area contributed by atoms with Crippen molar-refractivity contribution >= 4 is 0 Å². The van der Waals surface area contributed by atoms with Gasteiger partial charge < -0.3 is 10.1 Å². The van der Waals surface area contributed by atoms with Crippen LogP contribution in [-0.4, -0.2) is 19.7 Å². The van der Waals surface area contributed by atoms with E-state index in [2.05, 4.69) is 5.32 Å². The molecule has 1 aromatic rings. The second kappa shape index (κ2) is 6.61. The summed E-state index contributed by atoms with van der Waals surface area (Å²) in [6.45, 7) is 4.51. The number of halogens is 3. The molecule has 96 valence electrons. The van der Waals surface area contributed by atoms with Crippen molar-refractivity contribution in [3.05, 3.63) is 35.4 Å². The third-order valence-corrected chi connectivity index (χ3v) is 2.22. The SMILES string of the molecule is CCNCCOCc1ccc(C(F)(F)F)cc1. The highest BCUT2D eigenvalue weighted by atomic mass is 19.4. The van der Waals surface area contributed by atoms with Crippen LogP contribution in [0.4, 0.5) is 13.2 Å². The lowest BCUT2D eigenvalue weighted by molar-refractivity contribution is -0.137. The van der Waals surface area contributed by atoms with E-state index in [1.165, 1.54) is 12.1 Å². The van der Waals surface area contributed by atoms with Crippen molar-refractivity contribution in [3.63, 3.8) is 0 Å². The molecule has 0 saturated heterocycles. The van der Waals surface area contributed by atoms with Gasteiger partial charge >= 0.3 is 6.18 Å². The summed E-state index contributed by atoms with van der Waals surface area (Å²) in [5, 5.41) is 3.09. The first-order valence-electron chi connectivity index (χ1n) is 5.48. The highest BCUT2D eigenvalue weighted by molar-refractivity contribution is 5.24. The normalized spacial score (nSPS) is 11.8. The molecule has 1 rings (SSSR count). The van der Waals surface area contributed by atoms with Gasteiger partial charge in [-0.2, -0.15) is 13.2 Å². The summed E-state index contributed by atoms with van der Waals surface area (Å²) in [4.78, 5) is 0. The van der Waals surface area contributed by atoms with Crippen LogP contribution in [0.1, 0.15) is 18.1 Å². The van der Waals surface area contributed by atoms with Crippen LogP contribution in [0.25, 0.3) is 0 Å². The van der Waals surface area contributed by atoms with Gasteiger partial charge in [-0.3, -0.25) is 0 Å². The van der Waals surface area contributed by atoms with E-state index >= 15 is 0 Å². The maximum Gasteiger partial charge on any atom is 0.416 e. The Morgan fingerprint density at radius 2 is 1.82 bits per heavy atom. The summed E-state index contributed by atoms with van der Waals surface area (Å²) in [7, 11) is 0. The van der Waals surface area contributed by atoms with Crippen LogP contribution in [0.3, 0.4) is 0 Å². The molecule has 0 aliphatic carbocycles. The fourth-order valence-electron chi connectivity index (χ4n) is 1.30. The van der Waals surface area contributed by atoms with E-state index in [9.17, 15) is 13.2 Å². The number of rotatable bonds is 6. The molecule has 0 atom stereocenters. The van der Waals surface area contributed by atoms with Crippen LogP contribution in [0.2, 0.25) is 0 Å². The van der Waals surface area contributed by atoms with Crippen molar-refractivity contribution in [1.82, 2.24) is 5.32 Å². The van der Waals surface area contributed by atoms with Crippen molar-refractivity contribution in [3.8, 4) is 0 Å². The van der Waals surface area contributed by atoms with Gasteiger partial charge in [0.05, 0.1) is 18.8 Å². The molecular weight excluding hydrogens is 231 g/mol. The first-order valence-corrected chi connectivity index (χ1v) is 5.48. The minimum absolute atomic E-state index is 0.337. The van der Waals surface area contributed by atoms with Gasteiger partial charge in [-0.1, -0.05) is 19.1 Å². The van der Waals surface area contributed by atoms with Crippen molar-refractivity contribution in [1.29, 1.82) is 0 Å². The molecule has 5 heteroatoms. The Labute approximate surface area is 98.8 Å². The van der Waals surface area contributed by atoms with E-state index in [-0.39, 0.29) is 0 Å². The predicted octanol–water partition coefficient (Wildman–Crippen LogP) is 2.83. The van der Waals surface area contributed by atoms with Gasteiger partial charge in [0.25, 0.3) is 0 Å². The Morgan fingerprint density at radius 3 is 2.35 bits per heavy atom. The first kappa shape index (κ1) is 14.0. The predicted molar refractivity (Wildman–Crippen MR) is 59.6 cm³/mol. The number of nitrogens with one attached hydrogen (secondary N) is 1. The molecule has 0 radical (unpaired) electrons. The maximum atomic E-state index is 12.3. The fraction of sp³-hybridized carbons (Fsp3) is 0.500. The zero-order valence-corrected chi connectivity index (χ0v) is 9.68. The molecule has 0 aliphatic heterocycles. The van der Waals surface area contributed by atoms with Gasteiger partial charge in [-0.15, -0.1) is 0 Å². The van der Waals surface area contributed by atoms with Gasteiger partial charge in [0.15, 0.2) is 0 Å². The highest BCUT2D eigenvalue weighted by Gasteiger charge is 2.29. The second-order valence-electron chi connectivity index (χ2n) is 3.60. The van der Waals surface area contributed by atoms with Crippen LogP contribution in [0, 0.1) is 0 Å². The van der Waals surface area contributed by atoms with E-state index in [1.807, 2.05) is 6.92 Å². The number of benzene rings is 1. The monoisotopic (exact) mass is 247 g/mol. The molecule has 0 spiro atoms. The number of likely N-dealkylation sites (N-methyl/N-ethyl adjacent to an activating group) is 1. The number of ether oxygens (including phenoxy) is 1. The lowest BCUT2D eigenvalue weighted by Gasteiger charge is -2.08. The summed E-state index contributed by atoms with van der Waals surface area (Å²) < 4.78 is 42.1. The molecule has 0 amide bonds. The summed E-state index contributed by atoms with van der Waals surface area (Å²) in [6.07, 6.45) is -4.27. The Kier molecular flexibility index (Phi) is 5.44. The topological polar surface area (TPSA) is 21.3 Å². The lowest BCUT2D eigenvalue weighted by atomic mass is 10.1. The van der Waals surface area contributed by atoms with E-state index < -0.39 is 11.7 Å². The summed E-state index contributed by atoms with van der Waals surface area (Å²) >= 11 is 0. The number of alkyl halides is 3. The number of hydrogen-bond acceptors (Lipinski definition) is 2. The van der Waals surface area contributed by atoms with Crippen molar-refractivity contribution < 1.29 is 17.9 Å². The quantitative estimate of drug-likeness (QED) is 0.780. The van der Waals surface area contributed by atoms with Crippen LogP contribution < -0.4 is 5.32 Å². The molecule has 0 unspecified atom stereocenters. The van der Waals surface area contributed by atoms with Crippen molar-refractivity contribution in [2.45, 2.75) is 19.7 Å². The minimum Gasteiger partial charge on any atom is -0.375 e. The smallest absolute Gasteiger partial charge is 0.375 e. The zero-order valence-electron chi connectivity index (χ0n) is 9.68. The van der Waals surface area contributed by atoms with Crippen molar-refractivity contribution in [2.75, 3.05) is 19.7 Å². The average Bonchev–Trinajstić information content (AvgIpc) is 2.28. The van der Waals surface area contributed by atoms with Gasteiger partial charge in [-0.25, -0.2) is 0 Å². The summed E-state index contributed by atoms with van der Waals surface area (Å²) in [5.74, 6) is 0. The van der Waals surface area contributed by atoms with E-state index in [1.54, 1.807) is 0 Å². The Bertz CT molecular complexity index is 322. The molecule has 0 saturated carbocycles. The standard InChI is InChI=1S/C12H16F3NO/c1-2-16-7-8-17-9-10-3-5-11(6-4-10)12(13,14)15/h3-6,16H,2,7-9H2,1H3. The third kappa shape index (κ3) is 5.19. The van der Waals surface area contributed by atoms with Crippen LogP contribution in [0.15, 0.2) is 24.3 Å². The van der Waals surface area contributed by atoms with E-state index in [0.717, 1.165) is 30.8 Å². The average molecular weight is 247 g/mol. The lowest BCUT2D eigenvalue weighted by Crippen LogP contribution is -2.18. The van der Waals surface area contributed by atoms with Gasteiger partial charge in [0.2, 0.25) is 0 Å². The molecular formula is C12H16F3NO. The molecule has 17 heavy (non-hydrogen) atoms. The molecule has 0 fully saturated rings. The van der Waals surface area contributed by atoms with Gasteiger partial charge in [0, 0.05) is 6.54 Å². The third-order valence-electron chi connectivity index (χ3n) is 2.22. The van der Waals surface area contributed by atoms with Crippen molar-refractivity contribution in [2.24, 2.45) is 0 Å². The molecule has 0 heterocycles. The highest BCUT2D eigenvalue weighted by Crippen LogP contribution is 2.29. The van der Waals surface area contributed by atoms with Crippen LogP contribution in [-0.2, 0) is 17.5 Å². The summed E-state index contributed by atoms with van der Waals surface area (Å²) in [5.41, 5.74) is 0.114. The molecule has 0 aromatic heterocycles. The van der Waals surface area contributed by atoms with Gasteiger partial charge in [0.1, 0.15) is 0 Å². The molecule has 0 aliphatic rings. The largest absolute Gasteiger partial charge is 0.416 e. The molecule has 2 nitrogen and oxygen atoms in total. The minimum atomic E-state index is -4.27. The number of hydrogen-bond donors (Lipinski definition) is 1. The fourth-order valence-corrected chi connectivity index (χ4v) is 1.30. The molecule has 1 N–H and O–H groups in total. The first-order chi connectivity index (χ1) is 8.04. The Hall–Kier alpha value is -1.07. The van der Waals surface area contributed by atoms with Crippen LogP contribution >= 0.6 is 0 Å². The zero-order chi connectivity index (χ0) is 12.7. The van der Waals surface area contributed by atoms with Gasteiger partial charge in [-0.05, 0) is 24.2 Å². The van der Waals surface area contributed by atoms with E-state index in [0.29, 0.717) is 13.2 Å². The Morgan fingerprint density at radius 1 is 1.18 bits per heavy atom. The van der Waals surface area contributed by atoms with Crippen LogP contribution in [0.5, 0.6) is 0 Å². The molecule has 0 bridgehead atoms.